The molecule has 0 aliphatic carbocycles. The summed E-state index contributed by atoms with van der Waals surface area (Å²) in [6.45, 7) is 7.11. The predicted molar refractivity (Wildman–Crippen MR) is 91.4 cm³/mol. The Morgan fingerprint density at radius 3 is 2.71 bits per heavy atom. The third kappa shape index (κ3) is 3.44. The smallest absolute Gasteiger partial charge is 0.103 e. The second kappa shape index (κ2) is 6.42. The van der Waals surface area contributed by atoms with Gasteiger partial charge in [0, 0.05) is 37.3 Å². The maximum atomic E-state index is 5.66. The van der Waals surface area contributed by atoms with E-state index in [0.717, 1.165) is 18.2 Å². The Balaban J connectivity index is 1.65. The average molecular weight is 303 g/mol. The Labute approximate surface area is 133 Å². The van der Waals surface area contributed by atoms with Gasteiger partial charge in [-0.15, -0.1) is 0 Å². The highest BCUT2D eigenvalue weighted by Crippen LogP contribution is 2.25. The van der Waals surface area contributed by atoms with Gasteiger partial charge >= 0.3 is 0 Å². The van der Waals surface area contributed by atoms with Crippen molar-refractivity contribution in [1.82, 2.24) is 9.80 Å². The van der Waals surface area contributed by atoms with Crippen LogP contribution in [-0.2, 0) is 6.54 Å². The van der Waals surface area contributed by atoms with E-state index in [1.165, 1.54) is 44.5 Å². The van der Waals surface area contributed by atoms with E-state index in [0.29, 0.717) is 11.0 Å². The van der Waals surface area contributed by atoms with Gasteiger partial charge in [0.2, 0.25) is 0 Å². The van der Waals surface area contributed by atoms with Crippen molar-refractivity contribution in [2.45, 2.75) is 44.8 Å². The molecule has 4 heteroatoms. The fourth-order valence-corrected chi connectivity index (χ4v) is 3.78. The number of nitrogens with two attached hydrogens (primary N) is 1. The van der Waals surface area contributed by atoms with Crippen LogP contribution in [0.25, 0.3) is 0 Å². The number of piperazine rings is 1. The fourth-order valence-electron chi connectivity index (χ4n) is 3.64. The second-order valence-electron chi connectivity index (χ2n) is 6.48. The van der Waals surface area contributed by atoms with E-state index in [1.807, 2.05) is 12.1 Å². The Morgan fingerprint density at radius 2 is 2.00 bits per heavy atom. The number of hydrogen-bond donors (Lipinski definition) is 1. The van der Waals surface area contributed by atoms with Crippen molar-refractivity contribution in [1.29, 1.82) is 0 Å². The summed E-state index contributed by atoms with van der Waals surface area (Å²) in [6.07, 6.45) is 4.14. The number of piperidine rings is 1. The minimum Gasteiger partial charge on any atom is -0.389 e. The molecule has 2 unspecified atom stereocenters. The van der Waals surface area contributed by atoms with Gasteiger partial charge in [-0.1, -0.05) is 42.9 Å². The molecule has 1 aromatic rings. The summed E-state index contributed by atoms with van der Waals surface area (Å²) < 4.78 is 0. The molecule has 0 radical (unpaired) electrons. The van der Waals surface area contributed by atoms with E-state index in [-0.39, 0.29) is 0 Å². The van der Waals surface area contributed by atoms with Crippen LogP contribution in [0, 0.1) is 0 Å². The first-order valence-corrected chi connectivity index (χ1v) is 8.41. The first-order chi connectivity index (χ1) is 10.1. The molecule has 2 aliphatic rings. The van der Waals surface area contributed by atoms with Crippen LogP contribution in [0.2, 0.25) is 0 Å². The molecule has 0 saturated carbocycles. The van der Waals surface area contributed by atoms with Gasteiger partial charge in [-0.3, -0.25) is 9.80 Å². The summed E-state index contributed by atoms with van der Waals surface area (Å²) in [5, 5.41) is 0. The molecule has 2 aliphatic heterocycles. The fraction of sp³-hybridized carbons (Fsp3) is 0.588. The van der Waals surface area contributed by atoms with Crippen molar-refractivity contribution in [3.05, 3.63) is 35.4 Å². The zero-order chi connectivity index (χ0) is 14.8. The van der Waals surface area contributed by atoms with Crippen molar-refractivity contribution in [2.75, 3.05) is 19.6 Å². The summed E-state index contributed by atoms with van der Waals surface area (Å²) in [7, 11) is 0. The molecule has 2 heterocycles. The van der Waals surface area contributed by atoms with Crippen LogP contribution in [0.3, 0.4) is 0 Å². The maximum absolute atomic E-state index is 5.66. The van der Waals surface area contributed by atoms with E-state index >= 15 is 0 Å². The van der Waals surface area contributed by atoms with Gasteiger partial charge in [0.05, 0.1) is 0 Å². The van der Waals surface area contributed by atoms with Gasteiger partial charge < -0.3 is 5.73 Å². The van der Waals surface area contributed by atoms with E-state index < -0.39 is 0 Å². The number of thiocarbonyl (C=S) groups is 1. The number of rotatable bonds is 3. The zero-order valence-corrected chi connectivity index (χ0v) is 13.6. The van der Waals surface area contributed by atoms with Crippen molar-refractivity contribution in [3.63, 3.8) is 0 Å². The summed E-state index contributed by atoms with van der Waals surface area (Å²) in [4.78, 5) is 5.80. The Bertz CT molecular complexity index is 499. The van der Waals surface area contributed by atoms with Crippen molar-refractivity contribution < 1.29 is 0 Å². The maximum Gasteiger partial charge on any atom is 0.103 e. The van der Waals surface area contributed by atoms with Gasteiger partial charge in [0.15, 0.2) is 0 Å². The Kier molecular flexibility index (Phi) is 4.57. The lowest BCUT2D eigenvalue weighted by atomic mass is 9.96. The monoisotopic (exact) mass is 303 g/mol. The lowest BCUT2D eigenvalue weighted by Crippen LogP contribution is -2.58. The van der Waals surface area contributed by atoms with Gasteiger partial charge in [0.1, 0.15) is 4.99 Å². The average Bonchev–Trinajstić information content (AvgIpc) is 2.48. The minimum atomic E-state index is 0.478. The molecule has 3 rings (SSSR count). The van der Waals surface area contributed by atoms with Crippen LogP contribution in [0.4, 0.5) is 0 Å². The Hall–Kier alpha value is -0.970. The second-order valence-corrected chi connectivity index (χ2v) is 6.92. The first-order valence-electron chi connectivity index (χ1n) is 8.00. The van der Waals surface area contributed by atoms with Gasteiger partial charge in [0.25, 0.3) is 0 Å². The minimum absolute atomic E-state index is 0.478. The molecule has 2 atom stereocenters. The third-order valence-corrected chi connectivity index (χ3v) is 5.18. The molecule has 2 fully saturated rings. The SMILES string of the molecule is CC1CN2CCCCC2CN1Cc1ccc(C(N)=S)cc1. The predicted octanol–water partition coefficient (Wildman–Crippen LogP) is 2.38. The number of benzene rings is 1. The molecule has 114 valence electrons. The largest absolute Gasteiger partial charge is 0.389 e. The standard InChI is InChI=1S/C17H25N3S/c1-13-10-19-9-3-2-4-16(19)12-20(13)11-14-5-7-15(8-6-14)17(18)21/h5-8,13,16H,2-4,9-12H2,1H3,(H2,18,21). The normalized spacial score (nSPS) is 27.3. The molecular formula is C17H25N3S. The summed E-state index contributed by atoms with van der Waals surface area (Å²) in [6, 6.07) is 9.81. The van der Waals surface area contributed by atoms with Crippen LogP contribution in [0.5, 0.6) is 0 Å². The zero-order valence-electron chi connectivity index (χ0n) is 12.8. The van der Waals surface area contributed by atoms with Gasteiger partial charge in [-0.2, -0.15) is 0 Å². The molecule has 0 spiro atoms. The molecular weight excluding hydrogens is 278 g/mol. The van der Waals surface area contributed by atoms with Crippen molar-refractivity contribution in [3.8, 4) is 0 Å². The van der Waals surface area contributed by atoms with Crippen LogP contribution in [-0.4, -0.2) is 46.5 Å². The molecule has 0 amide bonds. The molecule has 1 aromatic carbocycles. The number of hydrogen-bond acceptors (Lipinski definition) is 3. The van der Waals surface area contributed by atoms with E-state index in [4.69, 9.17) is 18.0 Å². The highest BCUT2D eigenvalue weighted by atomic mass is 32.1. The first kappa shape index (κ1) is 14.9. The molecule has 0 bridgehead atoms. The molecule has 0 aromatic heterocycles. The van der Waals surface area contributed by atoms with Gasteiger partial charge in [-0.25, -0.2) is 0 Å². The highest BCUT2D eigenvalue weighted by Gasteiger charge is 2.32. The van der Waals surface area contributed by atoms with E-state index in [1.54, 1.807) is 0 Å². The summed E-state index contributed by atoms with van der Waals surface area (Å²) in [5.41, 5.74) is 7.97. The van der Waals surface area contributed by atoms with Crippen LogP contribution in [0.15, 0.2) is 24.3 Å². The highest BCUT2D eigenvalue weighted by molar-refractivity contribution is 7.80. The van der Waals surface area contributed by atoms with Crippen LogP contribution < -0.4 is 5.73 Å². The molecule has 2 saturated heterocycles. The van der Waals surface area contributed by atoms with Crippen molar-refractivity contribution in [2.24, 2.45) is 5.73 Å². The van der Waals surface area contributed by atoms with Crippen LogP contribution in [0.1, 0.15) is 37.3 Å². The quantitative estimate of drug-likeness (QED) is 0.869. The molecule has 21 heavy (non-hydrogen) atoms. The Morgan fingerprint density at radius 1 is 1.24 bits per heavy atom. The molecule has 2 N–H and O–H groups in total. The molecule has 3 nitrogen and oxygen atoms in total. The van der Waals surface area contributed by atoms with Crippen molar-refractivity contribution >= 4 is 17.2 Å². The van der Waals surface area contributed by atoms with E-state index in [2.05, 4.69) is 28.9 Å². The third-order valence-electron chi connectivity index (χ3n) is 4.94. The lowest BCUT2D eigenvalue weighted by molar-refractivity contribution is 0.0111. The van der Waals surface area contributed by atoms with Crippen LogP contribution >= 0.6 is 12.2 Å². The van der Waals surface area contributed by atoms with Gasteiger partial charge in [-0.05, 0) is 31.9 Å². The summed E-state index contributed by atoms with van der Waals surface area (Å²) >= 11 is 5.01. The van der Waals surface area contributed by atoms with E-state index in [9.17, 15) is 0 Å². The summed E-state index contributed by atoms with van der Waals surface area (Å²) in [5.74, 6) is 0. The lowest BCUT2D eigenvalue weighted by Gasteiger charge is -2.47. The number of nitrogens with zero attached hydrogens (tertiary/aromatic N) is 2. The topological polar surface area (TPSA) is 32.5 Å². The number of fused-ring (bicyclic) bond motifs is 1.